The second-order valence-electron chi connectivity index (χ2n) is 4.97. The van der Waals surface area contributed by atoms with Gasteiger partial charge in [0.15, 0.2) is 5.82 Å². The lowest BCUT2D eigenvalue weighted by Crippen LogP contribution is -2.15. The van der Waals surface area contributed by atoms with Crippen LogP contribution in [-0.2, 0) is 10.0 Å². The maximum atomic E-state index is 12.7. The Morgan fingerprint density at radius 2 is 2.04 bits per heavy atom. The molecule has 0 saturated heterocycles. The van der Waals surface area contributed by atoms with E-state index in [-0.39, 0.29) is 16.5 Å². The second-order valence-corrected chi connectivity index (χ2v) is 6.62. The summed E-state index contributed by atoms with van der Waals surface area (Å²) in [5.41, 5.74) is 0.802. The van der Waals surface area contributed by atoms with Gasteiger partial charge in [-0.25, -0.2) is 23.1 Å². The molecule has 0 saturated carbocycles. The fraction of sp³-hybridized carbons (Fsp3) is 0.133. The standard InChI is InChI=1S/C15H15N5O3S/c1-11-4-5-12(23-2)13(8-11)24(21,22)19-14-9-15(17-10-16-14)20-7-3-6-18-20/h3-10H,1-2H3,(H,16,17,19). The first-order valence-electron chi connectivity index (χ1n) is 6.99. The van der Waals surface area contributed by atoms with Gasteiger partial charge in [0.2, 0.25) is 0 Å². The predicted molar refractivity (Wildman–Crippen MR) is 87.7 cm³/mol. The summed E-state index contributed by atoms with van der Waals surface area (Å²) in [6, 6.07) is 8.16. The third kappa shape index (κ3) is 3.20. The molecular weight excluding hydrogens is 330 g/mol. The monoisotopic (exact) mass is 345 g/mol. The Kier molecular flexibility index (Phi) is 4.17. The van der Waals surface area contributed by atoms with Gasteiger partial charge in [0, 0.05) is 18.5 Å². The Balaban J connectivity index is 1.96. The highest BCUT2D eigenvalue weighted by atomic mass is 32.2. The van der Waals surface area contributed by atoms with E-state index in [4.69, 9.17) is 4.74 Å². The number of hydrogen-bond donors (Lipinski definition) is 1. The van der Waals surface area contributed by atoms with Crippen LogP contribution in [0.25, 0.3) is 5.82 Å². The molecule has 0 bridgehead atoms. The molecule has 0 spiro atoms. The number of nitrogens with zero attached hydrogens (tertiary/aromatic N) is 4. The number of ether oxygens (including phenoxy) is 1. The molecule has 8 nitrogen and oxygen atoms in total. The molecule has 9 heteroatoms. The second kappa shape index (κ2) is 6.28. The largest absolute Gasteiger partial charge is 0.495 e. The number of anilines is 1. The maximum Gasteiger partial charge on any atom is 0.266 e. The van der Waals surface area contributed by atoms with Crippen LogP contribution in [0.1, 0.15) is 5.56 Å². The number of aromatic nitrogens is 4. The minimum atomic E-state index is -3.86. The zero-order valence-corrected chi connectivity index (χ0v) is 13.9. The topological polar surface area (TPSA) is 99.0 Å². The average Bonchev–Trinajstić information content (AvgIpc) is 3.09. The average molecular weight is 345 g/mol. The molecule has 0 fully saturated rings. The Bertz CT molecular complexity index is 955. The number of rotatable bonds is 5. The molecule has 1 N–H and O–H groups in total. The van der Waals surface area contributed by atoms with Gasteiger partial charge in [-0.1, -0.05) is 6.07 Å². The van der Waals surface area contributed by atoms with Gasteiger partial charge in [0.05, 0.1) is 7.11 Å². The van der Waals surface area contributed by atoms with E-state index in [9.17, 15) is 8.42 Å². The van der Waals surface area contributed by atoms with Crippen LogP contribution in [-0.4, -0.2) is 35.3 Å². The molecule has 124 valence electrons. The van der Waals surface area contributed by atoms with Crippen molar-refractivity contribution in [2.45, 2.75) is 11.8 Å². The highest BCUT2D eigenvalue weighted by molar-refractivity contribution is 7.92. The van der Waals surface area contributed by atoms with Gasteiger partial charge < -0.3 is 4.74 Å². The van der Waals surface area contributed by atoms with Gasteiger partial charge in [-0.3, -0.25) is 4.72 Å². The number of hydrogen-bond acceptors (Lipinski definition) is 6. The van der Waals surface area contributed by atoms with E-state index in [0.717, 1.165) is 5.56 Å². The smallest absolute Gasteiger partial charge is 0.266 e. The molecule has 3 aromatic rings. The summed E-state index contributed by atoms with van der Waals surface area (Å²) in [6.07, 6.45) is 4.57. The molecular formula is C15H15N5O3S. The SMILES string of the molecule is COc1ccc(C)cc1S(=O)(=O)Nc1cc(-n2cccn2)ncn1. The minimum Gasteiger partial charge on any atom is -0.495 e. The van der Waals surface area contributed by atoms with Crippen molar-refractivity contribution in [2.75, 3.05) is 11.8 Å². The molecule has 0 amide bonds. The van der Waals surface area contributed by atoms with Crippen LogP contribution in [0.3, 0.4) is 0 Å². The molecule has 0 atom stereocenters. The van der Waals surface area contributed by atoms with E-state index in [1.807, 2.05) is 0 Å². The van der Waals surface area contributed by atoms with Crippen molar-refractivity contribution in [3.63, 3.8) is 0 Å². The van der Waals surface area contributed by atoms with Crippen LogP contribution < -0.4 is 9.46 Å². The summed E-state index contributed by atoms with van der Waals surface area (Å²) >= 11 is 0. The molecule has 3 rings (SSSR count). The molecule has 24 heavy (non-hydrogen) atoms. The fourth-order valence-corrected chi connectivity index (χ4v) is 3.37. The number of sulfonamides is 1. The fourth-order valence-electron chi connectivity index (χ4n) is 2.12. The van der Waals surface area contributed by atoms with Crippen molar-refractivity contribution >= 4 is 15.8 Å². The van der Waals surface area contributed by atoms with E-state index in [1.165, 1.54) is 30.3 Å². The van der Waals surface area contributed by atoms with E-state index in [0.29, 0.717) is 5.82 Å². The highest BCUT2D eigenvalue weighted by Crippen LogP contribution is 2.26. The van der Waals surface area contributed by atoms with Crippen molar-refractivity contribution in [2.24, 2.45) is 0 Å². The van der Waals surface area contributed by atoms with Crippen molar-refractivity contribution in [3.05, 3.63) is 54.6 Å². The number of aryl methyl sites for hydroxylation is 1. The predicted octanol–water partition coefficient (Wildman–Crippen LogP) is 1.78. The zero-order valence-electron chi connectivity index (χ0n) is 13.0. The summed E-state index contributed by atoms with van der Waals surface area (Å²) in [4.78, 5) is 8.06. The third-order valence-corrected chi connectivity index (χ3v) is 4.62. The zero-order chi connectivity index (χ0) is 17.2. The van der Waals surface area contributed by atoms with Crippen molar-refractivity contribution < 1.29 is 13.2 Å². The molecule has 0 unspecified atom stereocenters. The highest BCUT2D eigenvalue weighted by Gasteiger charge is 2.20. The number of benzene rings is 1. The van der Waals surface area contributed by atoms with Crippen LogP contribution in [0.4, 0.5) is 5.82 Å². The molecule has 1 aromatic carbocycles. The Morgan fingerprint density at radius 1 is 1.21 bits per heavy atom. The summed E-state index contributed by atoms with van der Waals surface area (Å²) in [5, 5.41) is 4.05. The first-order valence-corrected chi connectivity index (χ1v) is 8.47. The maximum absolute atomic E-state index is 12.7. The third-order valence-electron chi connectivity index (χ3n) is 3.24. The Labute approximate surface area is 139 Å². The quantitative estimate of drug-likeness (QED) is 0.757. The van der Waals surface area contributed by atoms with Crippen LogP contribution in [0.15, 0.2) is 53.9 Å². The van der Waals surface area contributed by atoms with Gasteiger partial charge >= 0.3 is 0 Å². The summed E-state index contributed by atoms with van der Waals surface area (Å²) in [7, 11) is -2.44. The minimum absolute atomic E-state index is 0.0456. The molecule has 2 aromatic heterocycles. The lowest BCUT2D eigenvalue weighted by molar-refractivity contribution is 0.402. The van der Waals surface area contributed by atoms with E-state index < -0.39 is 10.0 Å². The van der Waals surface area contributed by atoms with Crippen LogP contribution in [0.5, 0.6) is 5.75 Å². The lowest BCUT2D eigenvalue weighted by atomic mass is 10.2. The Morgan fingerprint density at radius 3 is 2.75 bits per heavy atom. The van der Waals surface area contributed by atoms with E-state index >= 15 is 0 Å². The number of methoxy groups -OCH3 is 1. The van der Waals surface area contributed by atoms with Gasteiger partial charge in [0.1, 0.15) is 22.8 Å². The first-order chi connectivity index (χ1) is 11.5. The van der Waals surface area contributed by atoms with Crippen LogP contribution in [0, 0.1) is 6.92 Å². The summed E-state index contributed by atoms with van der Waals surface area (Å²) < 4.78 is 34.4. The molecule has 0 aliphatic rings. The van der Waals surface area contributed by atoms with Crippen LogP contribution in [0.2, 0.25) is 0 Å². The first kappa shape index (κ1) is 15.9. The van der Waals surface area contributed by atoms with Crippen molar-refractivity contribution in [1.29, 1.82) is 0 Å². The normalized spacial score (nSPS) is 11.2. The summed E-state index contributed by atoms with van der Waals surface area (Å²) in [5.74, 6) is 0.845. The van der Waals surface area contributed by atoms with Gasteiger partial charge in [-0.2, -0.15) is 5.10 Å². The van der Waals surface area contributed by atoms with Crippen molar-refractivity contribution in [1.82, 2.24) is 19.7 Å². The van der Waals surface area contributed by atoms with E-state index in [2.05, 4.69) is 19.8 Å². The molecule has 0 aliphatic carbocycles. The van der Waals surface area contributed by atoms with Gasteiger partial charge in [0.25, 0.3) is 10.0 Å². The van der Waals surface area contributed by atoms with Gasteiger partial charge in [-0.15, -0.1) is 0 Å². The van der Waals surface area contributed by atoms with Crippen molar-refractivity contribution in [3.8, 4) is 11.6 Å². The summed E-state index contributed by atoms with van der Waals surface area (Å²) in [6.45, 7) is 1.80. The molecule has 0 aliphatic heterocycles. The molecule has 0 radical (unpaired) electrons. The molecule has 2 heterocycles. The van der Waals surface area contributed by atoms with Gasteiger partial charge in [-0.05, 0) is 30.7 Å². The van der Waals surface area contributed by atoms with E-state index in [1.54, 1.807) is 37.5 Å². The number of nitrogens with one attached hydrogen (secondary N) is 1. The Hall–Kier alpha value is -2.94. The lowest BCUT2D eigenvalue weighted by Gasteiger charge is -2.12. The van der Waals surface area contributed by atoms with Crippen LogP contribution >= 0.6 is 0 Å².